The van der Waals surface area contributed by atoms with Gasteiger partial charge in [-0.1, -0.05) is 141 Å². The third kappa shape index (κ3) is 6.06. The molecule has 1 atom stereocenters. The molecule has 13 heteroatoms. The highest BCUT2D eigenvalue weighted by Crippen LogP contribution is 2.61. The third-order valence-corrected chi connectivity index (χ3v) is 16.3. The van der Waals surface area contributed by atoms with E-state index in [1.807, 2.05) is 0 Å². The van der Waals surface area contributed by atoms with Gasteiger partial charge in [0.1, 0.15) is 94.2 Å². The van der Waals surface area contributed by atoms with Crippen LogP contribution in [0.25, 0.3) is 60.2 Å². The molecule has 2 aliphatic carbocycles. The van der Waals surface area contributed by atoms with Crippen LogP contribution >= 0.6 is 0 Å². The Kier molecular flexibility index (Phi) is 10.9. The molecule has 2 aliphatic rings. The molecule has 0 nitrogen and oxygen atoms in total. The lowest BCUT2D eigenvalue weighted by atomic mass is 9.56. The summed E-state index contributed by atoms with van der Waals surface area (Å²) in [7, 11) is 29.8. The van der Waals surface area contributed by atoms with Gasteiger partial charge < -0.3 is 0 Å². The van der Waals surface area contributed by atoms with Crippen LogP contribution in [-0.4, -0.2) is 102 Å². The fourth-order valence-corrected chi connectivity index (χ4v) is 12.0. The van der Waals surface area contributed by atoms with Gasteiger partial charge in [0.15, 0.2) is 7.85 Å². The summed E-state index contributed by atoms with van der Waals surface area (Å²) in [4.78, 5) is 0. The second kappa shape index (κ2) is 16.0. The smallest absolute Gasteiger partial charge is 0.116 e. The molecule has 7 aromatic carbocycles. The van der Waals surface area contributed by atoms with Crippen LogP contribution in [0.4, 0.5) is 0 Å². The predicted molar refractivity (Wildman–Crippen MR) is 321 cm³/mol. The third-order valence-electron chi connectivity index (χ3n) is 16.3. The van der Waals surface area contributed by atoms with E-state index < -0.39 is 0 Å². The molecule has 290 valence electrons. The van der Waals surface area contributed by atoms with Crippen molar-refractivity contribution in [3.05, 3.63) is 146 Å². The Labute approximate surface area is 392 Å². The number of terminal acetylenes is 2. The van der Waals surface area contributed by atoms with Gasteiger partial charge >= 0.3 is 0 Å². The van der Waals surface area contributed by atoms with E-state index in [4.69, 9.17) is 12.8 Å². The van der Waals surface area contributed by atoms with Crippen LogP contribution in [0.2, 0.25) is 6.32 Å². The first-order valence-electron chi connectivity index (χ1n) is 23.1. The Hall–Kier alpha value is -5.76. The highest BCUT2D eigenvalue weighted by Gasteiger charge is 2.54. The van der Waals surface area contributed by atoms with E-state index in [9.17, 15) is 0 Å². The van der Waals surface area contributed by atoms with Crippen molar-refractivity contribution in [2.75, 3.05) is 0 Å². The topological polar surface area (TPSA) is 0 Å². The summed E-state index contributed by atoms with van der Waals surface area (Å²) in [5.74, 6) is 6.15. The molecule has 0 aromatic heterocycles. The van der Waals surface area contributed by atoms with Crippen LogP contribution < -0.4 is 43.7 Å². The molecule has 0 N–H and O–H groups in total. The number of allylic oxidation sites excluding steroid dienone is 8. The summed E-state index contributed by atoms with van der Waals surface area (Å²) in [6.45, 7) is 0. The van der Waals surface area contributed by atoms with Gasteiger partial charge in [0.05, 0.1) is 0 Å². The van der Waals surface area contributed by atoms with Gasteiger partial charge in [0.25, 0.3) is 0 Å². The van der Waals surface area contributed by atoms with Crippen LogP contribution in [0, 0.1) is 24.7 Å². The average Bonchev–Trinajstić information content (AvgIpc) is 3.82. The molecular weight excluding hydrogens is 753 g/mol. The van der Waals surface area contributed by atoms with Gasteiger partial charge in [-0.3, -0.25) is 0 Å². The monoisotopic (exact) mass is 802 g/mol. The molecule has 0 aliphatic heterocycles. The Balaban J connectivity index is 1.32. The van der Waals surface area contributed by atoms with Crippen molar-refractivity contribution in [3.8, 4) is 35.8 Å². The van der Waals surface area contributed by atoms with Crippen LogP contribution in [0.5, 0.6) is 0 Å². The van der Waals surface area contributed by atoms with Crippen LogP contribution in [-0.2, 0) is 5.41 Å². The summed E-state index contributed by atoms with van der Waals surface area (Å²) in [6, 6.07) is 33.8. The zero-order valence-corrected chi connectivity index (χ0v) is 40.2. The maximum absolute atomic E-state index is 6.54. The predicted octanol–water partition coefficient (Wildman–Crippen LogP) is -6.48. The largest absolute Gasteiger partial charge is 0.151 e. The zero-order chi connectivity index (χ0) is 45.7. The number of hydrogen-bond donors (Lipinski definition) is 0. The Morgan fingerprint density at radius 3 is 1.48 bits per heavy atom. The SMILES string of the molecule is BCC1=C(/C(=C(/B)C#C)c2ccc(-c3ccc4c5ccccc5c5ccccc5c4c3)cc2)c2c(B)c(B)c(B)c(B)c2C12C/C(=C(B)\C(B)=C(\B)C#C)c1c(B)c(B)c(B)c(B)c12. The van der Waals surface area contributed by atoms with Crippen molar-refractivity contribution in [1.82, 2.24) is 0 Å². The number of rotatable bonds is 5. The lowest BCUT2D eigenvalue weighted by molar-refractivity contribution is 0.669. The maximum Gasteiger partial charge on any atom is 0.151 e. The molecule has 64 heavy (non-hydrogen) atoms. The van der Waals surface area contributed by atoms with Gasteiger partial charge in [-0.2, -0.15) is 0 Å². The number of benzene rings is 7. The van der Waals surface area contributed by atoms with Crippen molar-refractivity contribution in [2.45, 2.75) is 18.2 Å². The van der Waals surface area contributed by atoms with Crippen molar-refractivity contribution < 1.29 is 0 Å². The van der Waals surface area contributed by atoms with Crippen molar-refractivity contribution in [1.29, 1.82) is 0 Å². The van der Waals surface area contributed by atoms with E-state index in [1.54, 1.807) is 0 Å². The summed E-state index contributed by atoms with van der Waals surface area (Å²) >= 11 is 0. The van der Waals surface area contributed by atoms with E-state index in [0.717, 1.165) is 29.2 Å². The molecule has 0 saturated carbocycles. The molecule has 0 saturated heterocycles. The van der Waals surface area contributed by atoms with E-state index >= 15 is 0 Å². The summed E-state index contributed by atoms with van der Waals surface area (Å²) in [5.41, 5.74) is 29.7. The minimum Gasteiger partial charge on any atom is -0.116 e. The first kappa shape index (κ1) is 43.5. The standard InChI is InChI=1S/C51H47B13/c1-3-33(53)35(23-15-13-22(14-16-23)24-17-18-29-27-11-6-5-9-25(27)26-10-7-8-12-28(26)30(29)19-24)37-32(21-52)51(40-38(37)44(58)48(62)50(64)46(40)60)20-31(41(55)42(56)34(54)4-2)36-39(51)45(59)49(63)47(61)43(36)57/h1-2,5-19H,20-21,52-64H2/b35-33+,41-31-,42-34-. The normalized spacial score (nSPS) is 17.0. The molecule has 9 rings (SSSR count). The summed E-state index contributed by atoms with van der Waals surface area (Å²) < 4.78 is 0. The first-order chi connectivity index (χ1) is 30.6. The van der Waals surface area contributed by atoms with Crippen molar-refractivity contribution in [3.63, 3.8) is 0 Å². The van der Waals surface area contributed by atoms with Crippen molar-refractivity contribution >= 4 is 195 Å². The molecule has 7 aromatic rings. The molecule has 0 heterocycles. The van der Waals surface area contributed by atoms with Crippen LogP contribution in [0.1, 0.15) is 34.2 Å². The van der Waals surface area contributed by atoms with Gasteiger partial charge in [-0.15, -0.1) is 34.7 Å². The summed E-state index contributed by atoms with van der Waals surface area (Å²) in [6.07, 6.45) is 14.4. The minimum atomic E-state index is -0.381. The fourth-order valence-electron chi connectivity index (χ4n) is 12.0. The molecule has 0 bridgehead atoms. The molecule has 0 amide bonds. The van der Waals surface area contributed by atoms with E-state index in [0.29, 0.717) is 0 Å². The Morgan fingerprint density at radius 2 is 0.969 bits per heavy atom. The van der Waals surface area contributed by atoms with E-state index in [2.05, 4.69) is 205 Å². The van der Waals surface area contributed by atoms with Gasteiger partial charge in [0, 0.05) is 5.41 Å². The fraction of sp³-hybridized carbons (Fsp3) is 0.0588. The van der Waals surface area contributed by atoms with Gasteiger partial charge in [0.2, 0.25) is 0 Å². The minimum absolute atomic E-state index is 0.381. The Bertz CT molecular complexity index is 3450. The maximum atomic E-state index is 6.54. The van der Waals surface area contributed by atoms with E-state index in [1.165, 1.54) is 143 Å². The van der Waals surface area contributed by atoms with Crippen molar-refractivity contribution in [2.24, 2.45) is 0 Å². The number of fused-ring (bicyclic) bond motifs is 10. The van der Waals surface area contributed by atoms with Crippen LogP contribution in [0.3, 0.4) is 0 Å². The van der Waals surface area contributed by atoms with Gasteiger partial charge in [-0.25, -0.2) is 0 Å². The van der Waals surface area contributed by atoms with Crippen LogP contribution in [0.15, 0.2) is 118 Å². The lowest BCUT2D eigenvalue weighted by Gasteiger charge is -2.36. The molecular formula is C51H47B13. The number of hydrogen-bond acceptors (Lipinski definition) is 0. The summed E-state index contributed by atoms with van der Waals surface area (Å²) in [5, 5.41) is 7.71. The molecule has 0 radical (unpaired) electrons. The van der Waals surface area contributed by atoms with Gasteiger partial charge in [-0.05, 0) is 111 Å². The zero-order valence-electron chi connectivity index (χ0n) is 40.2. The highest BCUT2D eigenvalue weighted by atomic mass is 14.5. The molecule has 1 unspecified atom stereocenters. The highest BCUT2D eigenvalue weighted by molar-refractivity contribution is 6.66. The second-order valence-electron chi connectivity index (χ2n) is 18.9. The molecule has 1 spiro atoms. The molecule has 0 fully saturated rings. The Morgan fingerprint density at radius 1 is 0.516 bits per heavy atom. The quantitative estimate of drug-likeness (QED) is 0.0925. The first-order valence-corrected chi connectivity index (χ1v) is 23.1. The second-order valence-corrected chi connectivity index (χ2v) is 18.9. The lowest BCUT2D eigenvalue weighted by Crippen LogP contribution is -2.54. The van der Waals surface area contributed by atoms with E-state index in [-0.39, 0.29) is 5.41 Å². The average molecular weight is 800 g/mol.